The number of rotatable bonds is 6. The Hall–Kier alpha value is -2.80. The molecule has 1 amide bonds. The number of nitro groups is 1. The summed E-state index contributed by atoms with van der Waals surface area (Å²) in [4.78, 5) is 24.8. The molecule has 8 heteroatoms. The number of nitrogens with zero attached hydrogens (tertiary/aromatic N) is 2. The molecule has 2 rings (SSSR count). The van der Waals surface area contributed by atoms with E-state index in [0.717, 1.165) is 0 Å². The van der Waals surface area contributed by atoms with Gasteiger partial charge in [-0.1, -0.05) is 23.7 Å². The zero-order valence-electron chi connectivity index (χ0n) is 14.9. The normalized spacial score (nSPS) is 11.6. The molecule has 0 aromatic heterocycles. The third-order valence-corrected chi connectivity index (χ3v) is 4.43. The Morgan fingerprint density at radius 1 is 1.23 bits per heavy atom. The van der Waals surface area contributed by atoms with E-state index in [9.17, 15) is 14.9 Å². The second-order valence-corrected chi connectivity index (χ2v) is 6.04. The molecule has 0 aliphatic heterocycles. The minimum absolute atomic E-state index is 0.0237. The molecule has 2 aromatic rings. The van der Waals surface area contributed by atoms with Crippen LogP contribution in [0.1, 0.15) is 28.9 Å². The van der Waals surface area contributed by atoms with Crippen LogP contribution in [0.3, 0.4) is 0 Å². The molecule has 0 saturated heterocycles. The highest BCUT2D eigenvalue weighted by Crippen LogP contribution is 2.36. The van der Waals surface area contributed by atoms with Crippen molar-refractivity contribution in [1.82, 2.24) is 4.90 Å². The maximum atomic E-state index is 12.8. The smallest absolute Gasteiger partial charge is 0.269 e. The van der Waals surface area contributed by atoms with E-state index in [1.54, 1.807) is 32.2 Å². The number of amides is 1. The summed E-state index contributed by atoms with van der Waals surface area (Å²) < 4.78 is 10.4. The number of carbonyl (C=O) groups is 1. The number of halogens is 1. The molecule has 1 unspecified atom stereocenters. The van der Waals surface area contributed by atoms with Crippen LogP contribution in [0.5, 0.6) is 11.5 Å². The zero-order valence-corrected chi connectivity index (χ0v) is 15.6. The fourth-order valence-corrected chi connectivity index (χ4v) is 2.83. The van der Waals surface area contributed by atoms with Crippen LogP contribution < -0.4 is 9.47 Å². The highest BCUT2D eigenvalue weighted by Gasteiger charge is 2.23. The van der Waals surface area contributed by atoms with Crippen molar-refractivity contribution in [2.24, 2.45) is 0 Å². The van der Waals surface area contributed by atoms with Crippen molar-refractivity contribution in [3.63, 3.8) is 0 Å². The number of hydrogen-bond acceptors (Lipinski definition) is 5. The molecule has 0 radical (unpaired) electrons. The first-order chi connectivity index (χ1) is 12.3. The summed E-state index contributed by atoms with van der Waals surface area (Å²) in [5.74, 6) is 0.395. The van der Waals surface area contributed by atoms with E-state index in [0.29, 0.717) is 22.6 Å². The van der Waals surface area contributed by atoms with Gasteiger partial charge >= 0.3 is 0 Å². The minimum Gasteiger partial charge on any atom is -0.493 e. The van der Waals surface area contributed by atoms with E-state index < -0.39 is 4.92 Å². The van der Waals surface area contributed by atoms with E-state index >= 15 is 0 Å². The maximum Gasteiger partial charge on any atom is 0.269 e. The van der Waals surface area contributed by atoms with E-state index in [2.05, 4.69) is 0 Å². The van der Waals surface area contributed by atoms with Crippen molar-refractivity contribution in [2.45, 2.75) is 13.0 Å². The van der Waals surface area contributed by atoms with E-state index in [1.165, 1.54) is 37.3 Å². The van der Waals surface area contributed by atoms with Gasteiger partial charge in [-0.2, -0.15) is 0 Å². The zero-order chi connectivity index (χ0) is 19.4. The van der Waals surface area contributed by atoms with Crippen LogP contribution in [0.2, 0.25) is 5.02 Å². The standard InChI is InChI=1S/C18H19ClN2O5/c1-11(12-6-5-7-14(8-12)21(23)24)20(2)18(22)13-9-15(19)17(26-4)16(10-13)25-3/h5-11H,1-4H3. The maximum absolute atomic E-state index is 12.8. The number of non-ortho nitro benzene ring substituents is 1. The molecule has 0 N–H and O–H groups in total. The van der Waals surface area contributed by atoms with E-state index in [1.807, 2.05) is 0 Å². The first kappa shape index (κ1) is 19.5. The molecular formula is C18H19ClN2O5. The van der Waals surface area contributed by atoms with Gasteiger partial charge in [0.25, 0.3) is 11.6 Å². The molecular weight excluding hydrogens is 360 g/mol. The van der Waals surface area contributed by atoms with Gasteiger partial charge in [0, 0.05) is 24.7 Å². The summed E-state index contributed by atoms with van der Waals surface area (Å²) in [7, 11) is 4.54. The molecule has 1 atom stereocenters. The third kappa shape index (κ3) is 3.88. The summed E-state index contributed by atoms with van der Waals surface area (Å²) in [6.07, 6.45) is 0. The van der Waals surface area contributed by atoms with Gasteiger partial charge in [0.1, 0.15) is 0 Å². The van der Waals surface area contributed by atoms with Gasteiger partial charge < -0.3 is 14.4 Å². The molecule has 26 heavy (non-hydrogen) atoms. The van der Waals surface area contributed by atoms with Gasteiger partial charge in [-0.15, -0.1) is 0 Å². The molecule has 0 aliphatic rings. The first-order valence-electron chi connectivity index (χ1n) is 7.73. The van der Waals surface area contributed by atoms with Crippen molar-refractivity contribution in [3.8, 4) is 11.5 Å². The molecule has 138 valence electrons. The van der Waals surface area contributed by atoms with Gasteiger partial charge in [-0.25, -0.2) is 0 Å². The van der Waals surface area contributed by atoms with Crippen LogP contribution in [0.15, 0.2) is 36.4 Å². The van der Waals surface area contributed by atoms with Crippen LogP contribution in [-0.2, 0) is 0 Å². The Balaban J connectivity index is 2.33. The number of benzene rings is 2. The van der Waals surface area contributed by atoms with Crippen molar-refractivity contribution in [3.05, 3.63) is 62.7 Å². The van der Waals surface area contributed by atoms with Crippen molar-refractivity contribution in [2.75, 3.05) is 21.3 Å². The summed E-state index contributed by atoms with van der Waals surface area (Å²) in [5, 5.41) is 11.2. The van der Waals surface area contributed by atoms with Gasteiger partial charge in [-0.3, -0.25) is 14.9 Å². The van der Waals surface area contributed by atoms with Crippen molar-refractivity contribution < 1.29 is 19.2 Å². The largest absolute Gasteiger partial charge is 0.493 e. The van der Waals surface area contributed by atoms with Crippen molar-refractivity contribution in [1.29, 1.82) is 0 Å². The lowest BCUT2D eigenvalue weighted by Crippen LogP contribution is -2.29. The Kier molecular flexibility index (Phi) is 6.05. The molecule has 2 aromatic carbocycles. The average Bonchev–Trinajstić information content (AvgIpc) is 2.65. The van der Waals surface area contributed by atoms with Crippen LogP contribution in [0, 0.1) is 10.1 Å². The minimum atomic E-state index is -0.466. The van der Waals surface area contributed by atoms with Crippen LogP contribution >= 0.6 is 11.6 Å². The first-order valence-corrected chi connectivity index (χ1v) is 8.11. The number of methoxy groups -OCH3 is 2. The summed E-state index contributed by atoms with van der Waals surface area (Å²) in [5.41, 5.74) is 0.957. The average molecular weight is 379 g/mol. The molecule has 0 fully saturated rings. The molecule has 0 spiro atoms. The fraction of sp³-hybridized carbons (Fsp3) is 0.278. The second kappa shape index (κ2) is 8.05. The molecule has 0 bridgehead atoms. The highest BCUT2D eigenvalue weighted by molar-refractivity contribution is 6.32. The number of carbonyl (C=O) groups excluding carboxylic acids is 1. The topological polar surface area (TPSA) is 81.9 Å². The lowest BCUT2D eigenvalue weighted by atomic mass is 10.1. The SMILES string of the molecule is COc1cc(C(=O)N(C)C(C)c2cccc([N+](=O)[O-])c2)cc(Cl)c1OC. The quantitative estimate of drug-likeness (QED) is 0.558. The van der Waals surface area contributed by atoms with E-state index in [-0.39, 0.29) is 22.7 Å². The summed E-state index contributed by atoms with van der Waals surface area (Å²) >= 11 is 6.16. The Bertz CT molecular complexity index is 840. The van der Waals surface area contributed by atoms with Gasteiger partial charge in [0.15, 0.2) is 11.5 Å². The molecule has 0 heterocycles. The predicted octanol–water partition coefficient (Wildman–Crippen LogP) is 4.10. The van der Waals surface area contributed by atoms with Crippen LogP contribution in [0.4, 0.5) is 5.69 Å². The lowest BCUT2D eigenvalue weighted by molar-refractivity contribution is -0.384. The molecule has 7 nitrogen and oxygen atoms in total. The molecule has 0 aliphatic carbocycles. The molecule has 0 saturated carbocycles. The highest BCUT2D eigenvalue weighted by atomic mass is 35.5. The monoisotopic (exact) mass is 378 g/mol. The number of nitro benzene ring substituents is 1. The summed E-state index contributed by atoms with van der Waals surface area (Å²) in [6.45, 7) is 1.79. The number of ether oxygens (including phenoxy) is 2. The van der Waals surface area contributed by atoms with Crippen LogP contribution in [0.25, 0.3) is 0 Å². The Labute approximate surface area is 156 Å². The Morgan fingerprint density at radius 3 is 2.50 bits per heavy atom. The van der Waals surface area contributed by atoms with Gasteiger partial charge in [-0.05, 0) is 24.6 Å². The van der Waals surface area contributed by atoms with E-state index in [4.69, 9.17) is 21.1 Å². The second-order valence-electron chi connectivity index (χ2n) is 5.64. The number of hydrogen-bond donors (Lipinski definition) is 0. The van der Waals surface area contributed by atoms with Gasteiger partial charge in [0.05, 0.1) is 30.2 Å². The lowest BCUT2D eigenvalue weighted by Gasteiger charge is -2.26. The van der Waals surface area contributed by atoms with Crippen LogP contribution in [-0.4, -0.2) is 37.0 Å². The fourth-order valence-electron chi connectivity index (χ4n) is 2.54. The van der Waals surface area contributed by atoms with Crippen molar-refractivity contribution >= 4 is 23.2 Å². The van der Waals surface area contributed by atoms with Gasteiger partial charge in [0.2, 0.25) is 0 Å². The summed E-state index contributed by atoms with van der Waals surface area (Å²) in [6, 6.07) is 8.86. The predicted molar refractivity (Wildman–Crippen MR) is 98.2 cm³/mol. The third-order valence-electron chi connectivity index (χ3n) is 4.15. The Morgan fingerprint density at radius 2 is 1.92 bits per heavy atom.